The summed E-state index contributed by atoms with van der Waals surface area (Å²) in [6, 6.07) is 0. The molecule has 0 aliphatic rings. The summed E-state index contributed by atoms with van der Waals surface area (Å²) < 4.78 is 74.5. The van der Waals surface area contributed by atoms with Gasteiger partial charge in [0, 0.05) is 11.8 Å². The Morgan fingerprint density at radius 1 is 0.301 bits per heavy atom. The van der Waals surface area contributed by atoms with E-state index in [2.05, 4.69) is 60.4 Å². The Balaban J connectivity index is -0.00000132. The molecule has 0 amide bonds. The molecule has 0 heterocycles. The van der Waals surface area contributed by atoms with Gasteiger partial charge in [0.05, 0.1) is 13.2 Å². The van der Waals surface area contributed by atoms with E-state index in [1.165, 1.54) is 283 Å². The second-order valence-electron chi connectivity index (χ2n) is 21.8. The minimum absolute atomic E-state index is 0. The third-order valence-corrected chi connectivity index (χ3v) is 15.3. The van der Waals surface area contributed by atoms with E-state index in [-0.39, 0.29) is 62.8 Å². The van der Waals surface area contributed by atoms with E-state index in [0.29, 0.717) is 0 Å². The third-order valence-electron chi connectivity index (χ3n) is 14.5. The Morgan fingerprint density at radius 3 is 0.671 bits per heavy atom. The molecule has 0 bridgehead atoms. The third kappa shape index (κ3) is 72.5. The minimum Gasteiger partial charge on any atom is -0.726 e. The number of unbranched alkanes of at least 4 members (excludes halogenated alkanes) is 44. The van der Waals surface area contributed by atoms with Crippen LogP contribution < -0.4 is 0 Å². The SMILES string of the molecule is CCCCCCCCCC/C=C/C(CCCCCCCCCCCCCCCCC)COS(=O)(=O)[O-].CCCCCCCCCC/C=C/C(CCCCCCCCCCCCCCCCC)COS(=O)(=O)[O-].[Ca+2]. The zero-order valence-electron chi connectivity index (χ0n) is 49.0. The van der Waals surface area contributed by atoms with E-state index in [1.807, 2.05) is 0 Å². The van der Waals surface area contributed by atoms with Gasteiger partial charge < -0.3 is 9.11 Å². The van der Waals surface area contributed by atoms with Crippen molar-refractivity contribution in [3.05, 3.63) is 24.3 Å². The first-order valence-electron chi connectivity index (χ1n) is 31.5. The van der Waals surface area contributed by atoms with Crippen LogP contribution in [-0.2, 0) is 29.2 Å². The number of hydrogen-bond donors (Lipinski definition) is 0. The molecule has 2 unspecified atom stereocenters. The van der Waals surface area contributed by atoms with Crippen LogP contribution in [0.2, 0.25) is 0 Å². The first-order valence-corrected chi connectivity index (χ1v) is 34.2. The summed E-state index contributed by atoms with van der Waals surface area (Å²) in [7, 11) is -9.23. The van der Waals surface area contributed by atoms with E-state index in [4.69, 9.17) is 0 Å². The molecule has 0 rings (SSSR count). The fourth-order valence-electron chi connectivity index (χ4n) is 9.74. The van der Waals surface area contributed by atoms with Gasteiger partial charge in [0.15, 0.2) is 0 Å². The summed E-state index contributed by atoms with van der Waals surface area (Å²) >= 11 is 0. The van der Waals surface area contributed by atoms with E-state index >= 15 is 0 Å². The van der Waals surface area contributed by atoms with Crippen LogP contribution in [-0.4, -0.2) is 76.9 Å². The average molecular weight is 1100 g/mol. The predicted molar refractivity (Wildman–Crippen MR) is 316 cm³/mol. The van der Waals surface area contributed by atoms with Crippen LogP contribution in [0.15, 0.2) is 24.3 Å². The maximum atomic E-state index is 10.9. The molecule has 11 heteroatoms. The van der Waals surface area contributed by atoms with E-state index in [0.717, 1.165) is 38.5 Å². The molecule has 0 aliphatic heterocycles. The quantitative estimate of drug-likeness (QED) is 0.0193. The molecular formula is C62H122CaO8S2. The number of rotatable bonds is 58. The van der Waals surface area contributed by atoms with Gasteiger partial charge in [-0.2, -0.15) is 0 Å². The smallest absolute Gasteiger partial charge is 0.726 e. The van der Waals surface area contributed by atoms with Gasteiger partial charge in [-0.1, -0.05) is 335 Å². The molecule has 73 heavy (non-hydrogen) atoms. The summed E-state index contributed by atoms with van der Waals surface area (Å²) in [4.78, 5) is 0. The zero-order chi connectivity index (χ0) is 53.2. The Morgan fingerprint density at radius 2 is 0.479 bits per heavy atom. The second-order valence-corrected chi connectivity index (χ2v) is 23.9. The fraction of sp³-hybridized carbons (Fsp3) is 0.935. The molecule has 0 spiro atoms. The van der Waals surface area contributed by atoms with Crippen molar-refractivity contribution in [3.8, 4) is 0 Å². The van der Waals surface area contributed by atoms with Crippen molar-refractivity contribution in [1.29, 1.82) is 0 Å². The van der Waals surface area contributed by atoms with Crippen LogP contribution in [0.5, 0.6) is 0 Å². The molecule has 0 saturated heterocycles. The van der Waals surface area contributed by atoms with Crippen molar-refractivity contribution in [2.75, 3.05) is 13.2 Å². The second kappa shape index (κ2) is 63.3. The normalized spacial score (nSPS) is 12.9. The van der Waals surface area contributed by atoms with Crippen LogP contribution in [0.3, 0.4) is 0 Å². The van der Waals surface area contributed by atoms with Crippen molar-refractivity contribution in [1.82, 2.24) is 0 Å². The van der Waals surface area contributed by atoms with E-state index < -0.39 is 20.8 Å². The molecule has 432 valence electrons. The molecule has 0 aromatic heterocycles. The predicted octanol–water partition coefficient (Wildman–Crippen LogP) is 20.5. The first kappa shape index (κ1) is 77.7. The van der Waals surface area contributed by atoms with Crippen LogP contribution in [0.4, 0.5) is 0 Å². The van der Waals surface area contributed by atoms with Gasteiger partial charge in [0.2, 0.25) is 20.8 Å². The van der Waals surface area contributed by atoms with Crippen molar-refractivity contribution in [3.63, 3.8) is 0 Å². The Kier molecular flexibility index (Phi) is 67.4. The fourth-order valence-corrected chi connectivity index (χ4v) is 10.4. The largest absolute Gasteiger partial charge is 2.00 e. The molecule has 8 nitrogen and oxygen atoms in total. The van der Waals surface area contributed by atoms with Crippen molar-refractivity contribution in [2.24, 2.45) is 11.8 Å². The van der Waals surface area contributed by atoms with Crippen LogP contribution in [0, 0.1) is 11.8 Å². The molecule has 0 aromatic carbocycles. The van der Waals surface area contributed by atoms with Gasteiger partial charge in [-0.05, 0) is 38.5 Å². The van der Waals surface area contributed by atoms with Crippen molar-refractivity contribution in [2.45, 2.75) is 349 Å². The van der Waals surface area contributed by atoms with Crippen molar-refractivity contribution >= 4 is 58.5 Å². The van der Waals surface area contributed by atoms with Gasteiger partial charge in [-0.3, -0.25) is 8.37 Å². The molecule has 0 aliphatic carbocycles. The molecular weight excluding hydrogens is 977 g/mol. The minimum atomic E-state index is -4.62. The Bertz CT molecular complexity index is 1230. The van der Waals surface area contributed by atoms with Gasteiger partial charge in [-0.15, -0.1) is 0 Å². The maximum Gasteiger partial charge on any atom is 2.00 e. The summed E-state index contributed by atoms with van der Waals surface area (Å²) in [5.74, 6) is 0.0366. The molecule has 2 atom stereocenters. The van der Waals surface area contributed by atoms with Crippen LogP contribution in [0.1, 0.15) is 349 Å². The van der Waals surface area contributed by atoms with Gasteiger partial charge in [0.25, 0.3) is 0 Å². The van der Waals surface area contributed by atoms with Crippen LogP contribution in [0.25, 0.3) is 0 Å². The Labute approximate surface area is 487 Å². The Hall–Kier alpha value is 0.480. The monoisotopic (exact) mass is 1100 g/mol. The number of hydrogen-bond acceptors (Lipinski definition) is 8. The average Bonchev–Trinajstić information content (AvgIpc) is 3.35. The zero-order valence-corrected chi connectivity index (χ0v) is 52.9. The van der Waals surface area contributed by atoms with Gasteiger partial charge in [0.1, 0.15) is 0 Å². The van der Waals surface area contributed by atoms with Crippen molar-refractivity contribution < 1.29 is 34.3 Å². The van der Waals surface area contributed by atoms with Crippen LogP contribution >= 0.6 is 0 Å². The van der Waals surface area contributed by atoms with E-state index in [9.17, 15) is 25.9 Å². The number of allylic oxidation sites excluding steroid dienone is 2. The summed E-state index contributed by atoms with van der Waals surface area (Å²) in [5.41, 5.74) is 0. The summed E-state index contributed by atoms with van der Waals surface area (Å²) in [6.45, 7) is 9.01. The standard InChI is InChI=1S/2C31H62O4S.Ca/c2*1-3-5-7-9-11-13-15-16-17-18-19-21-23-25-27-29-31(30-35-36(32,33)34)28-26-24-22-20-14-12-10-8-6-4-2;/h2*26,28,31H,3-25,27,29-30H2,1-2H3,(H,32,33,34);/q;;+2/p-2/b2*28-26+;. The molecule has 0 fully saturated rings. The molecule has 0 radical (unpaired) electrons. The first-order chi connectivity index (χ1) is 35.0. The molecule has 0 N–H and O–H groups in total. The van der Waals surface area contributed by atoms with Gasteiger partial charge in [-0.25, -0.2) is 16.8 Å². The topological polar surface area (TPSA) is 133 Å². The summed E-state index contributed by atoms with van der Waals surface area (Å²) in [5, 5.41) is 0. The molecule has 0 saturated carbocycles. The van der Waals surface area contributed by atoms with E-state index in [1.54, 1.807) is 0 Å². The maximum absolute atomic E-state index is 10.9. The summed E-state index contributed by atoms with van der Waals surface area (Å²) in [6.07, 6.45) is 73.2. The van der Waals surface area contributed by atoms with Gasteiger partial charge >= 0.3 is 37.7 Å². The molecule has 0 aromatic rings.